The maximum atomic E-state index is 13.0. The molecule has 0 unspecified atom stereocenters. The summed E-state index contributed by atoms with van der Waals surface area (Å²) in [5.74, 6) is -1.88. The Bertz CT molecular complexity index is 1340. The van der Waals surface area contributed by atoms with E-state index in [2.05, 4.69) is 5.32 Å². The smallest absolute Gasteiger partial charge is 0.338 e. The second kappa shape index (κ2) is 8.93. The summed E-state index contributed by atoms with van der Waals surface area (Å²) in [6.45, 7) is 0. The number of ether oxygens (including phenoxy) is 1. The van der Waals surface area contributed by atoms with Gasteiger partial charge in [0.25, 0.3) is 11.8 Å². The van der Waals surface area contributed by atoms with Gasteiger partial charge in [-0.05, 0) is 36.4 Å². The number of barbiturate groups is 1. The SMILES string of the molecule is COC(=O)c1ccccc1-c1ccc(/C=C2\C(=O)NC(=O)N(c3cccc(Cl)c3Cl)C2=O)o1. The lowest BCUT2D eigenvalue weighted by Crippen LogP contribution is -2.54. The Morgan fingerprint density at radius 2 is 1.79 bits per heavy atom. The number of nitrogens with one attached hydrogen (secondary N) is 1. The Labute approximate surface area is 197 Å². The number of imide groups is 2. The van der Waals surface area contributed by atoms with Gasteiger partial charge in [-0.15, -0.1) is 0 Å². The first-order valence-corrected chi connectivity index (χ1v) is 10.2. The van der Waals surface area contributed by atoms with Crippen molar-refractivity contribution < 1.29 is 28.3 Å². The van der Waals surface area contributed by atoms with Crippen LogP contribution in [0.5, 0.6) is 0 Å². The van der Waals surface area contributed by atoms with E-state index in [9.17, 15) is 19.2 Å². The fourth-order valence-electron chi connectivity index (χ4n) is 3.24. The van der Waals surface area contributed by atoms with Crippen molar-refractivity contribution in [3.63, 3.8) is 0 Å². The van der Waals surface area contributed by atoms with Gasteiger partial charge in [-0.3, -0.25) is 14.9 Å². The van der Waals surface area contributed by atoms with Gasteiger partial charge in [-0.1, -0.05) is 47.5 Å². The van der Waals surface area contributed by atoms with Crippen molar-refractivity contribution in [2.24, 2.45) is 0 Å². The number of methoxy groups -OCH3 is 1. The predicted molar refractivity (Wildman–Crippen MR) is 121 cm³/mol. The van der Waals surface area contributed by atoms with Gasteiger partial charge in [0.15, 0.2) is 0 Å². The standard InChI is InChI=1S/C23H14Cl2N2O6/c1-32-22(30)14-6-3-2-5-13(14)18-10-9-12(33-18)11-15-20(28)26-23(31)27(21(15)29)17-8-4-7-16(24)19(17)25/h2-11H,1H3,(H,26,28,31)/b15-11+. The van der Waals surface area contributed by atoms with Crippen LogP contribution >= 0.6 is 23.2 Å². The number of urea groups is 1. The molecule has 4 rings (SSSR count). The fraction of sp³-hybridized carbons (Fsp3) is 0.0435. The van der Waals surface area contributed by atoms with Crippen LogP contribution in [0, 0.1) is 0 Å². The van der Waals surface area contributed by atoms with Crippen molar-refractivity contribution in [1.82, 2.24) is 5.32 Å². The van der Waals surface area contributed by atoms with Gasteiger partial charge < -0.3 is 9.15 Å². The highest BCUT2D eigenvalue weighted by Gasteiger charge is 2.38. The molecule has 0 saturated carbocycles. The summed E-state index contributed by atoms with van der Waals surface area (Å²) >= 11 is 12.2. The number of hydrogen-bond acceptors (Lipinski definition) is 6. The van der Waals surface area contributed by atoms with Crippen LogP contribution < -0.4 is 10.2 Å². The van der Waals surface area contributed by atoms with Crippen molar-refractivity contribution in [3.05, 3.63) is 81.5 Å². The molecule has 166 valence electrons. The number of rotatable bonds is 4. The summed E-state index contributed by atoms with van der Waals surface area (Å²) in [7, 11) is 1.27. The Balaban J connectivity index is 1.71. The molecule has 0 atom stereocenters. The molecule has 2 heterocycles. The number of esters is 1. The summed E-state index contributed by atoms with van der Waals surface area (Å²) in [4.78, 5) is 50.6. The molecule has 0 radical (unpaired) electrons. The van der Waals surface area contributed by atoms with E-state index in [4.69, 9.17) is 32.4 Å². The van der Waals surface area contributed by atoms with Gasteiger partial charge >= 0.3 is 12.0 Å². The van der Waals surface area contributed by atoms with Gasteiger partial charge in [0.1, 0.15) is 17.1 Å². The summed E-state index contributed by atoms with van der Waals surface area (Å²) in [5.41, 5.74) is 0.424. The van der Waals surface area contributed by atoms with Crippen molar-refractivity contribution in [3.8, 4) is 11.3 Å². The van der Waals surface area contributed by atoms with Gasteiger partial charge in [0.2, 0.25) is 0 Å². The zero-order valence-electron chi connectivity index (χ0n) is 16.9. The lowest BCUT2D eigenvalue weighted by atomic mass is 10.1. The molecule has 1 N–H and O–H groups in total. The summed E-state index contributed by atoms with van der Waals surface area (Å²) in [6, 6.07) is 13.2. The first-order chi connectivity index (χ1) is 15.8. The van der Waals surface area contributed by atoms with Gasteiger partial charge in [0.05, 0.1) is 28.4 Å². The molecule has 10 heteroatoms. The van der Waals surface area contributed by atoms with E-state index in [1.54, 1.807) is 30.3 Å². The molecule has 0 bridgehead atoms. The second-order valence-corrected chi connectivity index (χ2v) is 7.56. The van der Waals surface area contributed by atoms with Crippen LogP contribution in [0.25, 0.3) is 17.4 Å². The maximum absolute atomic E-state index is 13.0. The van der Waals surface area contributed by atoms with Crippen LogP contribution in [0.2, 0.25) is 10.0 Å². The lowest BCUT2D eigenvalue weighted by Gasteiger charge is -2.27. The van der Waals surface area contributed by atoms with Gasteiger partial charge in [0, 0.05) is 5.56 Å². The number of halogens is 2. The van der Waals surface area contributed by atoms with E-state index in [-0.39, 0.29) is 32.6 Å². The average molecular weight is 485 g/mol. The van der Waals surface area contributed by atoms with E-state index in [0.717, 1.165) is 4.90 Å². The summed E-state index contributed by atoms with van der Waals surface area (Å²) in [5, 5.41) is 2.22. The fourth-order valence-corrected chi connectivity index (χ4v) is 3.62. The number of carbonyl (C=O) groups excluding carboxylic acids is 4. The molecule has 8 nitrogen and oxygen atoms in total. The normalized spacial score (nSPS) is 15.1. The first-order valence-electron chi connectivity index (χ1n) is 9.45. The van der Waals surface area contributed by atoms with Crippen LogP contribution in [-0.2, 0) is 14.3 Å². The third-order valence-electron chi connectivity index (χ3n) is 4.79. The molecule has 0 aliphatic carbocycles. The molecule has 1 aliphatic heterocycles. The molecule has 1 saturated heterocycles. The predicted octanol–water partition coefficient (Wildman–Crippen LogP) is 4.71. The number of nitrogens with zero attached hydrogens (tertiary/aromatic N) is 1. The summed E-state index contributed by atoms with van der Waals surface area (Å²) in [6.07, 6.45) is 1.19. The van der Waals surface area contributed by atoms with E-state index in [1.807, 2.05) is 0 Å². The highest BCUT2D eigenvalue weighted by Crippen LogP contribution is 2.34. The monoisotopic (exact) mass is 484 g/mol. The zero-order chi connectivity index (χ0) is 23.7. The quantitative estimate of drug-likeness (QED) is 0.326. The highest BCUT2D eigenvalue weighted by atomic mass is 35.5. The zero-order valence-corrected chi connectivity index (χ0v) is 18.4. The Kier molecular flexibility index (Phi) is 6.04. The van der Waals surface area contributed by atoms with Crippen LogP contribution in [0.4, 0.5) is 10.5 Å². The molecule has 33 heavy (non-hydrogen) atoms. The molecule has 1 aliphatic rings. The Morgan fingerprint density at radius 1 is 1.03 bits per heavy atom. The van der Waals surface area contributed by atoms with Crippen LogP contribution in [0.3, 0.4) is 0 Å². The van der Waals surface area contributed by atoms with Crippen molar-refractivity contribution in [2.75, 3.05) is 12.0 Å². The average Bonchev–Trinajstić information content (AvgIpc) is 3.27. The van der Waals surface area contributed by atoms with Crippen LogP contribution in [0.15, 0.2) is 64.6 Å². The minimum atomic E-state index is -0.960. The maximum Gasteiger partial charge on any atom is 0.338 e. The first kappa shape index (κ1) is 22.3. The molecule has 1 aromatic heterocycles. The van der Waals surface area contributed by atoms with Crippen LogP contribution in [0.1, 0.15) is 16.1 Å². The Morgan fingerprint density at radius 3 is 2.55 bits per heavy atom. The van der Waals surface area contributed by atoms with Crippen molar-refractivity contribution >= 4 is 58.8 Å². The number of amides is 4. The highest BCUT2D eigenvalue weighted by molar-refractivity contribution is 6.46. The number of hydrogen-bond donors (Lipinski definition) is 1. The van der Waals surface area contributed by atoms with Crippen LogP contribution in [-0.4, -0.2) is 30.9 Å². The van der Waals surface area contributed by atoms with E-state index in [1.165, 1.54) is 37.5 Å². The molecule has 4 amide bonds. The molecular weight excluding hydrogens is 471 g/mol. The third-order valence-corrected chi connectivity index (χ3v) is 5.59. The molecule has 1 fully saturated rings. The summed E-state index contributed by atoms with van der Waals surface area (Å²) < 4.78 is 10.5. The Hall–Kier alpha value is -3.88. The number of anilines is 1. The third kappa shape index (κ3) is 4.13. The minimum absolute atomic E-state index is 0.0175. The van der Waals surface area contributed by atoms with E-state index in [0.29, 0.717) is 11.3 Å². The number of benzene rings is 2. The number of furan rings is 1. The number of carbonyl (C=O) groups is 4. The van der Waals surface area contributed by atoms with E-state index < -0.39 is 23.8 Å². The van der Waals surface area contributed by atoms with Gasteiger partial charge in [-0.25, -0.2) is 14.5 Å². The van der Waals surface area contributed by atoms with Crippen molar-refractivity contribution in [1.29, 1.82) is 0 Å². The molecular formula is C23H14Cl2N2O6. The molecule has 3 aromatic rings. The molecule has 0 spiro atoms. The van der Waals surface area contributed by atoms with Gasteiger partial charge in [-0.2, -0.15) is 0 Å². The lowest BCUT2D eigenvalue weighted by molar-refractivity contribution is -0.122. The van der Waals surface area contributed by atoms with Crippen molar-refractivity contribution in [2.45, 2.75) is 0 Å². The minimum Gasteiger partial charge on any atom is -0.465 e. The largest absolute Gasteiger partial charge is 0.465 e. The second-order valence-electron chi connectivity index (χ2n) is 6.77. The van der Waals surface area contributed by atoms with E-state index >= 15 is 0 Å². The molecule has 2 aromatic carbocycles. The topological polar surface area (TPSA) is 106 Å².